The number of methoxy groups -OCH3 is 1. The molecule has 0 heterocycles. The van der Waals surface area contributed by atoms with E-state index in [0.29, 0.717) is 6.54 Å². The molecular weight excluding hydrogens is 348 g/mol. The number of nitrogens with one attached hydrogen (secondary N) is 2. The van der Waals surface area contributed by atoms with Crippen LogP contribution in [-0.2, 0) is 9.47 Å². The van der Waals surface area contributed by atoms with Crippen molar-refractivity contribution in [3.63, 3.8) is 0 Å². The second-order valence-electron chi connectivity index (χ2n) is 6.08. The minimum absolute atomic E-state index is 0.143. The highest BCUT2D eigenvalue weighted by Crippen LogP contribution is 2.14. The Labute approximate surface area is 140 Å². The van der Waals surface area contributed by atoms with Crippen LogP contribution in [0.2, 0.25) is 0 Å². The first-order chi connectivity index (χ1) is 10.2. The SMILES string of the molecule is CO[C@H](C)[C@@H](CNc1ccc(Br)cc1)NC(=O)OC(C)(C)C. The Morgan fingerprint density at radius 3 is 2.36 bits per heavy atom. The van der Waals surface area contributed by atoms with Crippen molar-refractivity contribution in [2.75, 3.05) is 19.0 Å². The first-order valence-corrected chi connectivity index (χ1v) is 8.02. The van der Waals surface area contributed by atoms with E-state index in [9.17, 15) is 4.79 Å². The van der Waals surface area contributed by atoms with Crippen LogP contribution in [0.1, 0.15) is 27.7 Å². The Balaban J connectivity index is 2.60. The van der Waals surface area contributed by atoms with Crippen molar-refractivity contribution < 1.29 is 14.3 Å². The molecule has 6 heteroatoms. The maximum atomic E-state index is 11.9. The zero-order valence-corrected chi connectivity index (χ0v) is 15.4. The molecule has 1 aromatic rings. The molecule has 22 heavy (non-hydrogen) atoms. The van der Waals surface area contributed by atoms with Crippen molar-refractivity contribution in [1.29, 1.82) is 0 Å². The minimum Gasteiger partial charge on any atom is -0.444 e. The molecule has 1 aromatic carbocycles. The lowest BCUT2D eigenvalue weighted by Gasteiger charge is -2.27. The first kappa shape index (κ1) is 18.8. The molecule has 0 saturated heterocycles. The van der Waals surface area contributed by atoms with E-state index in [4.69, 9.17) is 9.47 Å². The van der Waals surface area contributed by atoms with Crippen LogP contribution < -0.4 is 10.6 Å². The second kappa shape index (κ2) is 8.39. The summed E-state index contributed by atoms with van der Waals surface area (Å²) in [6.45, 7) is 7.95. The number of anilines is 1. The molecule has 0 aliphatic carbocycles. The first-order valence-electron chi connectivity index (χ1n) is 7.23. The predicted molar refractivity (Wildman–Crippen MR) is 92.3 cm³/mol. The molecule has 2 N–H and O–H groups in total. The minimum atomic E-state index is -0.524. The quantitative estimate of drug-likeness (QED) is 0.797. The van der Waals surface area contributed by atoms with Gasteiger partial charge < -0.3 is 20.1 Å². The Hall–Kier alpha value is -1.27. The summed E-state index contributed by atoms with van der Waals surface area (Å²) in [7, 11) is 1.62. The number of benzene rings is 1. The van der Waals surface area contributed by atoms with Gasteiger partial charge in [0.1, 0.15) is 5.60 Å². The molecule has 0 saturated carbocycles. The lowest BCUT2D eigenvalue weighted by Crippen LogP contribution is -2.48. The third kappa shape index (κ3) is 7.13. The van der Waals surface area contributed by atoms with Gasteiger partial charge in [0.25, 0.3) is 0 Å². The molecule has 2 atom stereocenters. The van der Waals surface area contributed by atoms with Crippen LogP contribution in [0.5, 0.6) is 0 Å². The van der Waals surface area contributed by atoms with Gasteiger partial charge in [-0.15, -0.1) is 0 Å². The van der Waals surface area contributed by atoms with E-state index in [1.807, 2.05) is 52.0 Å². The van der Waals surface area contributed by atoms with E-state index in [0.717, 1.165) is 10.2 Å². The predicted octanol–water partition coefficient (Wildman–Crippen LogP) is 3.79. The van der Waals surface area contributed by atoms with Crippen molar-refractivity contribution in [1.82, 2.24) is 5.32 Å². The van der Waals surface area contributed by atoms with Gasteiger partial charge in [-0.1, -0.05) is 15.9 Å². The summed E-state index contributed by atoms with van der Waals surface area (Å²) in [5.74, 6) is 0. The zero-order valence-electron chi connectivity index (χ0n) is 13.8. The van der Waals surface area contributed by atoms with Crippen LogP contribution in [0, 0.1) is 0 Å². The fourth-order valence-electron chi connectivity index (χ4n) is 1.75. The van der Waals surface area contributed by atoms with E-state index in [1.54, 1.807) is 7.11 Å². The van der Waals surface area contributed by atoms with Gasteiger partial charge in [-0.25, -0.2) is 4.79 Å². The summed E-state index contributed by atoms with van der Waals surface area (Å²) < 4.78 is 11.6. The highest BCUT2D eigenvalue weighted by Gasteiger charge is 2.23. The molecule has 124 valence electrons. The highest BCUT2D eigenvalue weighted by molar-refractivity contribution is 9.10. The standard InChI is InChI=1S/C16H25BrN2O3/c1-11(21-5)14(19-15(20)22-16(2,3)4)10-18-13-8-6-12(17)7-9-13/h6-9,11,14,18H,10H2,1-5H3,(H,19,20)/t11-,14-/m1/s1. The summed E-state index contributed by atoms with van der Waals surface area (Å²) in [4.78, 5) is 11.9. The van der Waals surface area contributed by atoms with Gasteiger partial charge >= 0.3 is 6.09 Å². The van der Waals surface area contributed by atoms with Gasteiger partial charge in [0.2, 0.25) is 0 Å². The van der Waals surface area contributed by atoms with Gasteiger partial charge in [0.05, 0.1) is 12.1 Å². The van der Waals surface area contributed by atoms with E-state index in [1.165, 1.54) is 0 Å². The molecule has 0 fully saturated rings. The Morgan fingerprint density at radius 2 is 1.86 bits per heavy atom. The average Bonchev–Trinajstić information content (AvgIpc) is 2.42. The lowest BCUT2D eigenvalue weighted by molar-refractivity contribution is 0.0387. The fourth-order valence-corrected chi connectivity index (χ4v) is 2.02. The van der Waals surface area contributed by atoms with Gasteiger partial charge in [0, 0.05) is 23.8 Å². The molecule has 0 aliphatic rings. The highest BCUT2D eigenvalue weighted by atomic mass is 79.9. The van der Waals surface area contributed by atoms with Crippen LogP contribution in [0.15, 0.2) is 28.7 Å². The molecule has 0 radical (unpaired) electrons. The number of carbonyl (C=O) groups excluding carboxylic acids is 1. The molecule has 1 amide bonds. The summed E-state index contributed by atoms with van der Waals surface area (Å²) >= 11 is 3.40. The molecule has 0 spiro atoms. The number of rotatable bonds is 6. The van der Waals surface area contributed by atoms with E-state index in [2.05, 4.69) is 26.6 Å². The summed E-state index contributed by atoms with van der Waals surface area (Å²) in [5, 5.41) is 6.13. The monoisotopic (exact) mass is 372 g/mol. The van der Waals surface area contributed by atoms with E-state index in [-0.39, 0.29) is 12.1 Å². The maximum Gasteiger partial charge on any atom is 0.408 e. The van der Waals surface area contributed by atoms with Crippen molar-refractivity contribution in [2.24, 2.45) is 0 Å². The van der Waals surface area contributed by atoms with Crippen LogP contribution in [0.4, 0.5) is 10.5 Å². The number of carbonyl (C=O) groups is 1. The molecule has 0 aliphatic heterocycles. The smallest absolute Gasteiger partial charge is 0.408 e. The Bertz CT molecular complexity index is 471. The van der Waals surface area contributed by atoms with Crippen LogP contribution in [0.3, 0.4) is 0 Å². The van der Waals surface area contributed by atoms with Crippen molar-refractivity contribution in [3.05, 3.63) is 28.7 Å². The van der Waals surface area contributed by atoms with Crippen LogP contribution >= 0.6 is 15.9 Å². The summed E-state index contributed by atoms with van der Waals surface area (Å²) in [6.07, 6.45) is -0.588. The summed E-state index contributed by atoms with van der Waals surface area (Å²) in [6, 6.07) is 7.64. The van der Waals surface area contributed by atoms with Gasteiger partial charge in [-0.05, 0) is 52.0 Å². The molecule has 1 rings (SSSR count). The topological polar surface area (TPSA) is 59.6 Å². The molecular formula is C16H25BrN2O3. The fraction of sp³-hybridized carbons (Fsp3) is 0.562. The van der Waals surface area contributed by atoms with Gasteiger partial charge in [-0.3, -0.25) is 0 Å². The average molecular weight is 373 g/mol. The molecule has 5 nitrogen and oxygen atoms in total. The number of ether oxygens (including phenoxy) is 2. The van der Waals surface area contributed by atoms with E-state index >= 15 is 0 Å². The lowest BCUT2D eigenvalue weighted by atomic mass is 10.1. The maximum absolute atomic E-state index is 11.9. The molecule has 0 unspecified atom stereocenters. The number of hydrogen-bond donors (Lipinski definition) is 2. The largest absolute Gasteiger partial charge is 0.444 e. The third-order valence-corrected chi connectivity index (χ3v) is 3.54. The number of alkyl carbamates (subject to hydrolysis) is 1. The number of hydrogen-bond acceptors (Lipinski definition) is 4. The van der Waals surface area contributed by atoms with Crippen LogP contribution in [0.25, 0.3) is 0 Å². The van der Waals surface area contributed by atoms with E-state index < -0.39 is 11.7 Å². The number of amides is 1. The van der Waals surface area contributed by atoms with Gasteiger partial charge in [0.15, 0.2) is 0 Å². The number of halogens is 1. The van der Waals surface area contributed by atoms with Crippen LogP contribution in [-0.4, -0.2) is 37.5 Å². The Morgan fingerprint density at radius 1 is 1.27 bits per heavy atom. The van der Waals surface area contributed by atoms with Crippen molar-refractivity contribution in [2.45, 2.75) is 45.4 Å². The molecule has 0 aromatic heterocycles. The van der Waals surface area contributed by atoms with Gasteiger partial charge in [-0.2, -0.15) is 0 Å². The Kier molecular flexibility index (Phi) is 7.16. The second-order valence-corrected chi connectivity index (χ2v) is 7.00. The van der Waals surface area contributed by atoms with Crippen molar-refractivity contribution >= 4 is 27.7 Å². The normalized spacial score (nSPS) is 14.1. The van der Waals surface area contributed by atoms with Crippen molar-refractivity contribution in [3.8, 4) is 0 Å². The molecule has 0 bridgehead atoms. The summed E-state index contributed by atoms with van der Waals surface area (Å²) in [5.41, 5.74) is 0.451. The third-order valence-electron chi connectivity index (χ3n) is 3.01. The zero-order chi connectivity index (χ0) is 16.8.